The lowest BCUT2D eigenvalue weighted by Crippen LogP contribution is -2.43. The smallest absolute Gasteiger partial charge is 0.340 e. The van der Waals surface area contributed by atoms with E-state index in [9.17, 15) is 19.5 Å². The van der Waals surface area contributed by atoms with Crippen LogP contribution in [0.2, 0.25) is 0 Å². The molecule has 0 spiro atoms. The second kappa shape index (κ2) is 8.73. The summed E-state index contributed by atoms with van der Waals surface area (Å²) in [7, 11) is 0. The first-order valence-electron chi connectivity index (χ1n) is 11.0. The number of fused-ring (bicyclic) bond motifs is 2. The lowest BCUT2D eigenvalue weighted by atomic mass is 9.92. The molecule has 0 radical (unpaired) electrons. The predicted octanol–water partition coefficient (Wildman–Crippen LogP) is 3.56. The molecule has 1 amide bonds. The molecular weight excluding hydrogens is 422 g/mol. The fraction of sp³-hybridized carbons (Fsp3) is 0.346. The maximum absolute atomic E-state index is 12.7. The fourth-order valence-electron chi connectivity index (χ4n) is 4.20. The molecule has 0 saturated heterocycles. The van der Waals surface area contributed by atoms with Crippen LogP contribution in [-0.2, 0) is 28.9 Å². The summed E-state index contributed by atoms with van der Waals surface area (Å²) in [6, 6.07) is 11.7. The summed E-state index contributed by atoms with van der Waals surface area (Å²) in [5.74, 6) is -0.975. The van der Waals surface area contributed by atoms with Crippen LogP contribution in [0.3, 0.4) is 0 Å². The number of benzene rings is 2. The van der Waals surface area contributed by atoms with Gasteiger partial charge >= 0.3 is 11.6 Å². The van der Waals surface area contributed by atoms with Crippen molar-refractivity contribution < 1.29 is 23.8 Å². The molecule has 0 saturated carbocycles. The third-order valence-corrected chi connectivity index (χ3v) is 6.10. The van der Waals surface area contributed by atoms with Crippen LogP contribution in [0.5, 0.6) is 5.75 Å². The average Bonchev–Trinajstić information content (AvgIpc) is 2.75. The molecule has 0 unspecified atom stereocenters. The summed E-state index contributed by atoms with van der Waals surface area (Å²) in [6.45, 7) is 5.82. The van der Waals surface area contributed by atoms with Gasteiger partial charge in [0.25, 0.3) is 0 Å². The van der Waals surface area contributed by atoms with Crippen molar-refractivity contribution in [3.05, 3.63) is 75.1 Å². The highest BCUT2D eigenvalue weighted by molar-refractivity contribution is 5.88. The van der Waals surface area contributed by atoms with Crippen LogP contribution in [0.25, 0.3) is 11.0 Å². The second-order valence-corrected chi connectivity index (χ2v) is 9.14. The summed E-state index contributed by atoms with van der Waals surface area (Å²) in [4.78, 5) is 37.1. The van der Waals surface area contributed by atoms with Crippen LogP contribution in [0, 0.1) is 6.92 Å². The van der Waals surface area contributed by atoms with Gasteiger partial charge in [0, 0.05) is 17.9 Å². The van der Waals surface area contributed by atoms with Gasteiger partial charge in [0.05, 0.1) is 12.0 Å². The Labute approximate surface area is 191 Å². The first-order valence-corrected chi connectivity index (χ1v) is 11.0. The van der Waals surface area contributed by atoms with E-state index in [4.69, 9.17) is 9.15 Å². The zero-order valence-corrected chi connectivity index (χ0v) is 18.9. The maximum atomic E-state index is 12.7. The molecule has 2 N–H and O–H groups in total. The largest absolute Gasteiger partial charge is 0.487 e. The minimum atomic E-state index is -1.14. The van der Waals surface area contributed by atoms with E-state index in [1.54, 1.807) is 25.1 Å². The van der Waals surface area contributed by atoms with Crippen molar-refractivity contribution >= 4 is 22.8 Å². The standard InChI is InChI=1S/C26H27NO6/c1-15-18-12-17-9-10-26(2,3)33-21(17)14-22(18)32-25(31)19(15)13-23(28)27-20(24(29)30)11-16-7-5-4-6-8-16/h4-8,12,14,20H,9-11,13H2,1-3H3,(H,27,28)(H,29,30)/t20-/m0/s1. The highest BCUT2D eigenvalue weighted by Gasteiger charge is 2.28. The third-order valence-electron chi connectivity index (χ3n) is 6.10. The number of ether oxygens (including phenoxy) is 1. The Morgan fingerprint density at radius 2 is 1.91 bits per heavy atom. The molecule has 2 aromatic carbocycles. The van der Waals surface area contributed by atoms with Crippen molar-refractivity contribution in [1.29, 1.82) is 0 Å². The van der Waals surface area contributed by atoms with Gasteiger partial charge in [-0.3, -0.25) is 4.79 Å². The normalized spacial score (nSPS) is 15.4. The number of carboxylic acid groups (broad SMARTS) is 1. The molecule has 1 aliphatic heterocycles. The molecule has 1 aromatic heterocycles. The van der Waals surface area contributed by atoms with E-state index in [0.717, 1.165) is 29.4 Å². The number of hydrogen-bond acceptors (Lipinski definition) is 5. The van der Waals surface area contributed by atoms with Crippen LogP contribution in [0.1, 0.15) is 42.5 Å². The number of hydrogen-bond donors (Lipinski definition) is 2. The number of carbonyl (C=O) groups is 2. The Kier molecular flexibility index (Phi) is 5.97. The van der Waals surface area contributed by atoms with E-state index in [1.165, 1.54) is 0 Å². The second-order valence-electron chi connectivity index (χ2n) is 9.14. The molecule has 0 fully saturated rings. The van der Waals surface area contributed by atoms with Crippen LogP contribution >= 0.6 is 0 Å². The SMILES string of the molecule is Cc1c(CC(=O)N[C@@H](Cc2ccccc2)C(=O)O)c(=O)oc2cc3c(cc12)CCC(C)(C)O3. The van der Waals surface area contributed by atoms with Crippen LogP contribution in [0.4, 0.5) is 0 Å². The molecule has 4 rings (SSSR count). The van der Waals surface area contributed by atoms with E-state index in [2.05, 4.69) is 5.32 Å². The Bertz CT molecular complexity index is 1280. The number of amides is 1. The quantitative estimate of drug-likeness (QED) is 0.558. The van der Waals surface area contributed by atoms with Gasteiger partial charge in [-0.1, -0.05) is 30.3 Å². The number of carbonyl (C=O) groups excluding carboxylic acids is 1. The van der Waals surface area contributed by atoms with Gasteiger partial charge in [0.15, 0.2) is 0 Å². The van der Waals surface area contributed by atoms with E-state index >= 15 is 0 Å². The molecule has 7 nitrogen and oxygen atoms in total. The van der Waals surface area contributed by atoms with Gasteiger partial charge in [-0.25, -0.2) is 9.59 Å². The highest BCUT2D eigenvalue weighted by Crippen LogP contribution is 2.36. The van der Waals surface area contributed by atoms with Crippen molar-refractivity contribution in [2.24, 2.45) is 0 Å². The maximum Gasteiger partial charge on any atom is 0.340 e. The van der Waals surface area contributed by atoms with E-state index in [0.29, 0.717) is 16.9 Å². The molecule has 3 aromatic rings. The van der Waals surface area contributed by atoms with Gasteiger partial charge in [-0.05, 0) is 56.4 Å². The minimum Gasteiger partial charge on any atom is -0.487 e. The Morgan fingerprint density at radius 3 is 2.61 bits per heavy atom. The van der Waals surface area contributed by atoms with Crippen LogP contribution in [0.15, 0.2) is 51.7 Å². The highest BCUT2D eigenvalue weighted by atomic mass is 16.5. The summed E-state index contributed by atoms with van der Waals surface area (Å²) >= 11 is 0. The van der Waals surface area contributed by atoms with Crippen molar-refractivity contribution in [1.82, 2.24) is 5.32 Å². The molecule has 7 heteroatoms. The van der Waals surface area contributed by atoms with E-state index in [-0.39, 0.29) is 24.0 Å². The lowest BCUT2D eigenvalue weighted by molar-refractivity contribution is -0.141. The van der Waals surface area contributed by atoms with Crippen molar-refractivity contribution in [2.75, 3.05) is 0 Å². The number of rotatable bonds is 6. The molecule has 172 valence electrons. The number of aliphatic carboxylic acids is 1. The molecular formula is C26H27NO6. The Hall–Kier alpha value is -3.61. The Morgan fingerprint density at radius 1 is 1.18 bits per heavy atom. The molecule has 33 heavy (non-hydrogen) atoms. The fourth-order valence-corrected chi connectivity index (χ4v) is 4.20. The summed E-state index contributed by atoms with van der Waals surface area (Å²) < 4.78 is 11.6. The first kappa shape index (κ1) is 22.6. The Balaban J connectivity index is 1.58. The van der Waals surface area contributed by atoms with Crippen LogP contribution in [-0.4, -0.2) is 28.6 Å². The van der Waals surface area contributed by atoms with E-state index in [1.807, 2.05) is 38.1 Å². The molecule has 0 aliphatic carbocycles. The molecule has 2 heterocycles. The van der Waals surface area contributed by atoms with Crippen molar-refractivity contribution in [3.8, 4) is 5.75 Å². The number of carboxylic acids is 1. The topological polar surface area (TPSA) is 106 Å². The predicted molar refractivity (Wildman–Crippen MR) is 124 cm³/mol. The summed E-state index contributed by atoms with van der Waals surface area (Å²) in [5.41, 5.74) is 2.21. The van der Waals surface area contributed by atoms with Gasteiger partial charge in [0.1, 0.15) is 23.0 Å². The molecule has 1 atom stereocenters. The zero-order chi connectivity index (χ0) is 23.8. The van der Waals surface area contributed by atoms with Crippen LogP contribution < -0.4 is 15.7 Å². The summed E-state index contributed by atoms with van der Waals surface area (Å²) in [5, 5.41) is 12.8. The van der Waals surface area contributed by atoms with Gasteiger partial charge in [0.2, 0.25) is 5.91 Å². The third kappa shape index (κ3) is 4.92. The zero-order valence-electron chi connectivity index (χ0n) is 18.9. The molecule has 0 bridgehead atoms. The minimum absolute atomic E-state index is 0.149. The number of nitrogens with one attached hydrogen (secondary N) is 1. The lowest BCUT2D eigenvalue weighted by Gasteiger charge is -2.32. The van der Waals surface area contributed by atoms with Gasteiger partial charge < -0.3 is 19.6 Å². The van der Waals surface area contributed by atoms with Gasteiger partial charge in [-0.2, -0.15) is 0 Å². The monoisotopic (exact) mass is 449 g/mol. The van der Waals surface area contributed by atoms with Crippen molar-refractivity contribution in [2.45, 2.75) is 58.1 Å². The average molecular weight is 450 g/mol. The van der Waals surface area contributed by atoms with E-state index < -0.39 is 23.5 Å². The van der Waals surface area contributed by atoms with Gasteiger partial charge in [-0.15, -0.1) is 0 Å². The number of aryl methyl sites for hydroxylation is 2. The summed E-state index contributed by atoms with van der Waals surface area (Å²) in [6.07, 6.45) is 1.60. The van der Waals surface area contributed by atoms with Crippen molar-refractivity contribution in [3.63, 3.8) is 0 Å². The molecule has 1 aliphatic rings. The first-order chi connectivity index (χ1) is 15.6.